The van der Waals surface area contributed by atoms with Crippen molar-refractivity contribution in [2.45, 2.75) is 4.90 Å². The van der Waals surface area contributed by atoms with E-state index in [0.717, 1.165) is 0 Å². The lowest BCUT2D eigenvalue weighted by Gasteiger charge is -1.98. The summed E-state index contributed by atoms with van der Waals surface area (Å²) in [5.41, 5.74) is 0.239. The lowest BCUT2D eigenvalue weighted by molar-refractivity contribution is -0.384. The first-order valence-corrected chi connectivity index (χ1v) is 7.74. The van der Waals surface area contributed by atoms with Gasteiger partial charge in [-0.1, -0.05) is 24.3 Å². The molecular weight excluding hydrogens is 306 g/mol. The van der Waals surface area contributed by atoms with Gasteiger partial charge in [0.25, 0.3) is 5.69 Å². The van der Waals surface area contributed by atoms with Crippen LogP contribution in [0, 0.1) is 10.1 Å². The summed E-state index contributed by atoms with van der Waals surface area (Å²) in [5.74, 6) is -0.595. The van der Waals surface area contributed by atoms with Gasteiger partial charge in [0.2, 0.25) is 15.6 Å². The number of hydrogen-bond donors (Lipinski definition) is 0. The minimum atomic E-state index is -3.89. The van der Waals surface area contributed by atoms with E-state index in [1.165, 1.54) is 42.5 Å². The molecule has 0 N–H and O–H groups in total. The number of non-ortho nitro benzene ring substituents is 1. The Balaban J connectivity index is 2.16. The average molecular weight is 315 g/mol. The van der Waals surface area contributed by atoms with Crippen LogP contribution in [0.25, 0.3) is 6.08 Å². The van der Waals surface area contributed by atoms with Gasteiger partial charge in [-0.25, -0.2) is 8.42 Å². The van der Waals surface area contributed by atoms with E-state index < -0.39 is 20.5 Å². The Kier molecular flexibility index (Phi) is 3.14. The maximum absolute atomic E-state index is 12.4. The Morgan fingerprint density at radius 2 is 1.77 bits per heavy atom. The Hall–Kier alpha value is -2.80. The number of ketones is 1. The minimum absolute atomic E-state index is 0.0309. The summed E-state index contributed by atoms with van der Waals surface area (Å²) in [5, 5.41) is 10.8. The van der Waals surface area contributed by atoms with Gasteiger partial charge in [-0.3, -0.25) is 14.9 Å². The van der Waals surface area contributed by atoms with Crippen LogP contribution in [0.15, 0.2) is 58.3 Å². The molecular formula is C15H9NO5S. The molecule has 1 aliphatic heterocycles. The van der Waals surface area contributed by atoms with E-state index in [9.17, 15) is 23.3 Å². The van der Waals surface area contributed by atoms with Crippen LogP contribution in [0.3, 0.4) is 0 Å². The van der Waals surface area contributed by atoms with Crippen molar-refractivity contribution in [3.63, 3.8) is 0 Å². The summed E-state index contributed by atoms with van der Waals surface area (Å²) < 4.78 is 24.8. The van der Waals surface area contributed by atoms with Crippen molar-refractivity contribution in [1.82, 2.24) is 0 Å². The van der Waals surface area contributed by atoms with E-state index in [4.69, 9.17) is 0 Å². The molecule has 0 atom stereocenters. The van der Waals surface area contributed by atoms with Crippen molar-refractivity contribution in [3.8, 4) is 0 Å². The number of benzene rings is 2. The molecule has 110 valence electrons. The maximum atomic E-state index is 12.4. The van der Waals surface area contributed by atoms with Gasteiger partial charge in [-0.05, 0) is 23.8 Å². The summed E-state index contributed by atoms with van der Waals surface area (Å²) in [7, 11) is -3.89. The zero-order chi connectivity index (χ0) is 15.9. The third kappa shape index (κ3) is 2.11. The Morgan fingerprint density at radius 3 is 2.45 bits per heavy atom. The first-order chi connectivity index (χ1) is 10.4. The second kappa shape index (κ2) is 4.88. The molecule has 7 heteroatoms. The van der Waals surface area contributed by atoms with E-state index >= 15 is 0 Å². The molecule has 0 spiro atoms. The highest BCUT2D eigenvalue weighted by Crippen LogP contribution is 2.35. The van der Waals surface area contributed by atoms with Crippen LogP contribution in [-0.2, 0) is 9.84 Å². The zero-order valence-corrected chi connectivity index (χ0v) is 11.9. The molecule has 0 aliphatic carbocycles. The summed E-state index contributed by atoms with van der Waals surface area (Å²) in [6.07, 6.45) is 1.17. The van der Waals surface area contributed by atoms with Crippen molar-refractivity contribution in [3.05, 3.63) is 74.7 Å². The van der Waals surface area contributed by atoms with Crippen molar-refractivity contribution >= 4 is 27.4 Å². The molecule has 6 nitrogen and oxygen atoms in total. The molecule has 0 fully saturated rings. The molecule has 0 saturated heterocycles. The maximum Gasteiger partial charge on any atom is 0.270 e. The fraction of sp³-hybridized carbons (Fsp3) is 0. The summed E-state index contributed by atoms with van der Waals surface area (Å²) in [6.45, 7) is 0. The highest BCUT2D eigenvalue weighted by Gasteiger charge is 2.38. The van der Waals surface area contributed by atoms with Gasteiger partial charge in [0.15, 0.2) is 0 Å². The van der Waals surface area contributed by atoms with Gasteiger partial charge in [-0.15, -0.1) is 0 Å². The van der Waals surface area contributed by atoms with Gasteiger partial charge in [0, 0.05) is 17.7 Å². The SMILES string of the molecule is O=C1/C(=C\c2cccc([N+](=O)[O-])c2)S(=O)(=O)c2ccccc21. The number of allylic oxidation sites excluding steroid dienone is 1. The zero-order valence-electron chi connectivity index (χ0n) is 11.1. The van der Waals surface area contributed by atoms with E-state index in [1.54, 1.807) is 12.1 Å². The third-order valence-corrected chi connectivity index (χ3v) is 5.13. The quantitative estimate of drug-likeness (QED) is 0.482. The molecule has 22 heavy (non-hydrogen) atoms. The number of sulfone groups is 1. The van der Waals surface area contributed by atoms with Crippen molar-refractivity contribution < 1.29 is 18.1 Å². The number of carbonyl (C=O) groups excluding carboxylic acids is 1. The van der Waals surface area contributed by atoms with Crippen LogP contribution < -0.4 is 0 Å². The number of rotatable bonds is 2. The summed E-state index contributed by atoms with van der Waals surface area (Å²) in [4.78, 5) is 22.0. The number of nitro groups is 1. The second-order valence-corrected chi connectivity index (χ2v) is 6.58. The largest absolute Gasteiger partial charge is 0.288 e. The van der Waals surface area contributed by atoms with Gasteiger partial charge in [-0.2, -0.15) is 0 Å². The molecule has 0 aromatic heterocycles. The van der Waals surface area contributed by atoms with Crippen LogP contribution in [0.4, 0.5) is 5.69 Å². The minimum Gasteiger partial charge on any atom is -0.288 e. The molecule has 1 heterocycles. The molecule has 1 aliphatic rings. The molecule has 0 radical (unpaired) electrons. The third-order valence-electron chi connectivity index (χ3n) is 3.31. The van der Waals surface area contributed by atoms with Gasteiger partial charge in [0.05, 0.1) is 9.82 Å². The molecule has 2 aromatic rings. The molecule has 2 aromatic carbocycles. The van der Waals surface area contributed by atoms with E-state index in [0.29, 0.717) is 0 Å². The van der Waals surface area contributed by atoms with Gasteiger partial charge in [0.1, 0.15) is 4.91 Å². The standard InChI is InChI=1S/C15H9NO5S/c17-15-12-6-1-2-7-13(12)22(20,21)14(15)9-10-4-3-5-11(8-10)16(18)19/h1-9H/b14-9+. The topological polar surface area (TPSA) is 94.3 Å². The van der Waals surface area contributed by atoms with Crippen LogP contribution in [0.5, 0.6) is 0 Å². The normalized spacial score (nSPS) is 17.5. The fourth-order valence-corrected chi connectivity index (χ4v) is 3.87. The monoisotopic (exact) mass is 315 g/mol. The highest BCUT2D eigenvalue weighted by molar-refractivity contribution is 7.97. The summed E-state index contributed by atoms with van der Waals surface area (Å²) in [6, 6.07) is 11.4. The molecule has 0 saturated carbocycles. The molecule has 0 bridgehead atoms. The van der Waals surface area contributed by atoms with Crippen LogP contribution >= 0.6 is 0 Å². The fourth-order valence-electron chi connectivity index (χ4n) is 2.28. The first-order valence-electron chi connectivity index (χ1n) is 6.26. The molecule has 3 rings (SSSR count). The Labute approximate surface area is 125 Å². The van der Waals surface area contributed by atoms with Crippen molar-refractivity contribution in [2.24, 2.45) is 0 Å². The smallest absolute Gasteiger partial charge is 0.270 e. The van der Waals surface area contributed by atoms with Crippen LogP contribution in [-0.4, -0.2) is 19.1 Å². The van der Waals surface area contributed by atoms with Crippen LogP contribution in [0.1, 0.15) is 15.9 Å². The average Bonchev–Trinajstić information content (AvgIpc) is 2.69. The molecule has 0 unspecified atom stereocenters. The number of Topliss-reactive ketones (excluding diaryl/α,β-unsaturated/α-hetero) is 1. The van der Waals surface area contributed by atoms with Crippen molar-refractivity contribution in [1.29, 1.82) is 0 Å². The Morgan fingerprint density at radius 1 is 1.05 bits per heavy atom. The predicted molar refractivity (Wildman–Crippen MR) is 79.0 cm³/mol. The van der Waals surface area contributed by atoms with E-state index in [2.05, 4.69) is 0 Å². The lowest BCUT2D eigenvalue weighted by atomic mass is 10.1. The molecule has 0 amide bonds. The number of fused-ring (bicyclic) bond motifs is 1. The van der Waals surface area contributed by atoms with Crippen molar-refractivity contribution in [2.75, 3.05) is 0 Å². The number of nitrogens with zero attached hydrogens (tertiary/aromatic N) is 1. The van der Waals surface area contributed by atoms with Gasteiger partial charge < -0.3 is 0 Å². The van der Waals surface area contributed by atoms with E-state index in [1.807, 2.05) is 0 Å². The summed E-state index contributed by atoms with van der Waals surface area (Å²) >= 11 is 0. The number of carbonyl (C=O) groups is 1. The lowest BCUT2D eigenvalue weighted by Crippen LogP contribution is -2.02. The van der Waals surface area contributed by atoms with Crippen LogP contribution in [0.2, 0.25) is 0 Å². The first kappa shape index (κ1) is 14.2. The number of nitro benzene ring substituents is 1. The second-order valence-electron chi connectivity index (χ2n) is 4.69. The Bertz CT molecular complexity index is 944. The predicted octanol–water partition coefficient (Wildman–Crippen LogP) is 2.61. The van der Waals surface area contributed by atoms with E-state index in [-0.39, 0.29) is 26.6 Å². The highest BCUT2D eigenvalue weighted by atomic mass is 32.2. The van der Waals surface area contributed by atoms with Gasteiger partial charge >= 0.3 is 0 Å². The number of hydrogen-bond acceptors (Lipinski definition) is 5.